The molecule has 2 atom stereocenters. The number of amides is 2. The van der Waals surface area contributed by atoms with E-state index in [0.29, 0.717) is 26.1 Å². The van der Waals surface area contributed by atoms with Gasteiger partial charge in [0.2, 0.25) is 0 Å². The Labute approximate surface area is 120 Å². The van der Waals surface area contributed by atoms with Crippen LogP contribution in [0.25, 0.3) is 0 Å². The molecule has 116 valence electrons. The van der Waals surface area contributed by atoms with Crippen molar-refractivity contribution in [3.8, 4) is 0 Å². The first-order valence-electron chi connectivity index (χ1n) is 7.24. The largest absolute Gasteiger partial charge is 0.481 e. The molecular weight excluding hydrogens is 260 g/mol. The number of carbonyl (C=O) groups excluding carboxylic acids is 1. The molecule has 0 aromatic heterocycles. The van der Waals surface area contributed by atoms with E-state index in [1.165, 1.54) is 0 Å². The topological polar surface area (TPSA) is 87.7 Å². The van der Waals surface area contributed by atoms with Gasteiger partial charge in [-0.2, -0.15) is 0 Å². The van der Waals surface area contributed by atoms with E-state index in [-0.39, 0.29) is 17.9 Å². The number of carboxylic acids is 1. The smallest absolute Gasteiger partial charge is 0.314 e. The van der Waals surface area contributed by atoms with Crippen molar-refractivity contribution >= 4 is 12.0 Å². The van der Waals surface area contributed by atoms with Gasteiger partial charge in [-0.25, -0.2) is 4.79 Å². The number of carbonyl (C=O) groups is 2. The first-order valence-corrected chi connectivity index (χ1v) is 7.24. The Kier molecular flexibility index (Phi) is 6.26. The molecule has 0 saturated heterocycles. The summed E-state index contributed by atoms with van der Waals surface area (Å²) in [5.41, 5.74) is -0.400. The minimum atomic E-state index is -0.757. The average Bonchev–Trinajstić information content (AvgIpc) is 2.82. The van der Waals surface area contributed by atoms with E-state index in [0.717, 1.165) is 12.8 Å². The SMILES string of the molecule is CCOC(C)(C)CNC(=O)NCC1CCCC1C(=O)O. The van der Waals surface area contributed by atoms with Crippen LogP contribution < -0.4 is 10.6 Å². The second kappa shape index (κ2) is 7.47. The van der Waals surface area contributed by atoms with Crippen LogP contribution in [0.2, 0.25) is 0 Å². The van der Waals surface area contributed by atoms with Gasteiger partial charge < -0.3 is 20.5 Å². The molecule has 20 heavy (non-hydrogen) atoms. The summed E-state index contributed by atoms with van der Waals surface area (Å²) in [6, 6.07) is -0.270. The molecule has 1 aliphatic carbocycles. The lowest BCUT2D eigenvalue weighted by Gasteiger charge is -2.25. The average molecular weight is 286 g/mol. The standard InChI is InChI=1S/C14H26N2O4/c1-4-20-14(2,3)9-16-13(19)15-8-10-6-5-7-11(10)12(17)18/h10-11H,4-9H2,1-3H3,(H,17,18)(H2,15,16,19). The molecule has 1 aliphatic rings. The fraction of sp³-hybridized carbons (Fsp3) is 0.857. The molecule has 0 radical (unpaired) electrons. The molecule has 0 aromatic rings. The number of carboxylic acid groups (broad SMARTS) is 1. The molecule has 0 aliphatic heterocycles. The van der Waals surface area contributed by atoms with Gasteiger partial charge in [0.15, 0.2) is 0 Å². The van der Waals surface area contributed by atoms with E-state index >= 15 is 0 Å². The van der Waals surface area contributed by atoms with Crippen molar-refractivity contribution in [1.29, 1.82) is 0 Å². The van der Waals surface area contributed by atoms with E-state index in [2.05, 4.69) is 10.6 Å². The van der Waals surface area contributed by atoms with Gasteiger partial charge in [0.05, 0.1) is 11.5 Å². The Bertz CT molecular complexity index is 344. The summed E-state index contributed by atoms with van der Waals surface area (Å²) in [5, 5.41) is 14.6. The molecule has 1 saturated carbocycles. The minimum absolute atomic E-state index is 0.0400. The van der Waals surface area contributed by atoms with Gasteiger partial charge in [-0.05, 0) is 39.5 Å². The highest BCUT2D eigenvalue weighted by molar-refractivity contribution is 5.74. The number of aliphatic carboxylic acids is 1. The molecule has 0 spiro atoms. The quantitative estimate of drug-likeness (QED) is 0.663. The van der Waals surface area contributed by atoms with Crippen LogP contribution in [0.5, 0.6) is 0 Å². The van der Waals surface area contributed by atoms with Gasteiger partial charge in [0, 0.05) is 19.7 Å². The Balaban J connectivity index is 2.28. The normalized spacial score (nSPS) is 22.6. The molecule has 0 bridgehead atoms. The molecular formula is C14H26N2O4. The van der Waals surface area contributed by atoms with Gasteiger partial charge in [-0.15, -0.1) is 0 Å². The van der Waals surface area contributed by atoms with Crippen molar-refractivity contribution in [3.05, 3.63) is 0 Å². The highest BCUT2D eigenvalue weighted by atomic mass is 16.5. The summed E-state index contributed by atoms with van der Waals surface area (Å²) >= 11 is 0. The molecule has 2 unspecified atom stereocenters. The van der Waals surface area contributed by atoms with E-state index < -0.39 is 11.6 Å². The molecule has 6 nitrogen and oxygen atoms in total. The Hall–Kier alpha value is -1.30. The minimum Gasteiger partial charge on any atom is -0.481 e. The van der Waals surface area contributed by atoms with E-state index in [1.807, 2.05) is 20.8 Å². The molecule has 2 amide bonds. The molecule has 0 heterocycles. The summed E-state index contributed by atoms with van der Waals surface area (Å²) < 4.78 is 5.49. The third-order valence-electron chi connectivity index (χ3n) is 3.71. The van der Waals surface area contributed by atoms with Crippen LogP contribution >= 0.6 is 0 Å². The molecule has 1 fully saturated rings. The van der Waals surface area contributed by atoms with Crippen molar-refractivity contribution in [2.24, 2.45) is 11.8 Å². The van der Waals surface area contributed by atoms with Gasteiger partial charge >= 0.3 is 12.0 Å². The number of rotatable bonds is 7. The second-order valence-corrected chi connectivity index (χ2v) is 5.89. The van der Waals surface area contributed by atoms with Crippen LogP contribution in [0, 0.1) is 11.8 Å². The summed E-state index contributed by atoms with van der Waals surface area (Å²) in [6.07, 6.45) is 2.49. The van der Waals surface area contributed by atoms with Crippen molar-refractivity contribution in [1.82, 2.24) is 10.6 Å². The van der Waals surface area contributed by atoms with Gasteiger partial charge in [-0.3, -0.25) is 4.79 Å². The van der Waals surface area contributed by atoms with Crippen LogP contribution in [0.4, 0.5) is 4.79 Å². The fourth-order valence-electron chi connectivity index (χ4n) is 2.63. The maximum absolute atomic E-state index is 11.7. The predicted molar refractivity (Wildman–Crippen MR) is 75.6 cm³/mol. The zero-order valence-electron chi connectivity index (χ0n) is 12.6. The summed E-state index contributed by atoms with van der Waals surface area (Å²) in [5.74, 6) is -1.04. The van der Waals surface area contributed by atoms with Crippen molar-refractivity contribution in [3.63, 3.8) is 0 Å². The van der Waals surface area contributed by atoms with E-state index in [4.69, 9.17) is 9.84 Å². The lowest BCUT2D eigenvalue weighted by Crippen LogP contribution is -2.46. The zero-order chi connectivity index (χ0) is 15.2. The van der Waals surface area contributed by atoms with Crippen molar-refractivity contribution in [2.45, 2.75) is 45.6 Å². The predicted octanol–water partition coefficient (Wildman–Crippen LogP) is 1.60. The van der Waals surface area contributed by atoms with Gasteiger partial charge in [0.25, 0.3) is 0 Å². The highest BCUT2D eigenvalue weighted by Gasteiger charge is 2.32. The third kappa shape index (κ3) is 5.36. The molecule has 6 heteroatoms. The lowest BCUT2D eigenvalue weighted by molar-refractivity contribution is -0.142. The highest BCUT2D eigenvalue weighted by Crippen LogP contribution is 2.31. The van der Waals surface area contributed by atoms with Gasteiger partial charge in [0.1, 0.15) is 0 Å². The maximum atomic E-state index is 11.7. The Morgan fingerprint density at radius 1 is 1.30 bits per heavy atom. The fourth-order valence-corrected chi connectivity index (χ4v) is 2.63. The van der Waals surface area contributed by atoms with Crippen molar-refractivity contribution < 1.29 is 19.4 Å². The van der Waals surface area contributed by atoms with Crippen LogP contribution in [-0.4, -0.2) is 42.4 Å². The third-order valence-corrected chi connectivity index (χ3v) is 3.71. The van der Waals surface area contributed by atoms with Crippen LogP contribution in [0.3, 0.4) is 0 Å². The number of hydrogen-bond donors (Lipinski definition) is 3. The maximum Gasteiger partial charge on any atom is 0.314 e. The molecule has 3 N–H and O–H groups in total. The second-order valence-electron chi connectivity index (χ2n) is 5.89. The summed E-state index contributed by atoms with van der Waals surface area (Å²) in [4.78, 5) is 22.7. The Morgan fingerprint density at radius 3 is 2.60 bits per heavy atom. The van der Waals surface area contributed by atoms with Gasteiger partial charge in [-0.1, -0.05) is 6.42 Å². The summed E-state index contributed by atoms with van der Waals surface area (Å²) in [6.45, 7) is 7.16. The van der Waals surface area contributed by atoms with Crippen LogP contribution in [-0.2, 0) is 9.53 Å². The number of ether oxygens (including phenoxy) is 1. The molecule has 0 aromatic carbocycles. The lowest BCUT2D eigenvalue weighted by atomic mass is 9.96. The first kappa shape index (κ1) is 16.8. The number of nitrogens with one attached hydrogen (secondary N) is 2. The number of hydrogen-bond acceptors (Lipinski definition) is 3. The zero-order valence-corrected chi connectivity index (χ0v) is 12.6. The number of urea groups is 1. The molecule has 1 rings (SSSR count). The van der Waals surface area contributed by atoms with Crippen molar-refractivity contribution in [2.75, 3.05) is 19.7 Å². The first-order chi connectivity index (χ1) is 9.35. The van der Waals surface area contributed by atoms with E-state index in [9.17, 15) is 9.59 Å². The van der Waals surface area contributed by atoms with Crippen LogP contribution in [0.1, 0.15) is 40.0 Å². The monoisotopic (exact) mass is 286 g/mol. The van der Waals surface area contributed by atoms with Crippen LogP contribution in [0.15, 0.2) is 0 Å². The van der Waals surface area contributed by atoms with E-state index in [1.54, 1.807) is 0 Å². The summed E-state index contributed by atoms with van der Waals surface area (Å²) in [7, 11) is 0. The Morgan fingerprint density at radius 2 is 2.00 bits per heavy atom.